The van der Waals surface area contributed by atoms with E-state index in [1.165, 1.54) is 19.2 Å². The summed E-state index contributed by atoms with van der Waals surface area (Å²) in [6.45, 7) is 3.13. The lowest BCUT2D eigenvalue weighted by molar-refractivity contribution is -0.141. The Kier molecular flexibility index (Phi) is 4.93. The van der Waals surface area contributed by atoms with Crippen molar-refractivity contribution < 1.29 is 14.7 Å². The molecule has 0 aliphatic rings. The highest BCUT2D eigenvalue weighted by Gasteiger charge is 2.21. The van der Waals surface area contributed by atoms with Gasteiger partial charge in [0.05, 0.1) is 16.5 Å². The van der Waals surface area contributed by atoms with Crippen LogP contribution in [0.1, 0.15) is 24.2 Å². The molecule has 0 bridgehead atoms. The minimum Gasteiger partial charge on any atom is -0.481 e. The Morgan fingerprint density at radius 3 is 2.50 bits per heavy atom. The van der Waals surface area contributed by atoms with Gasteiger partial charge in [-0.3, -0.25) is 9.59 Å². The third kappa shape index (κ3) is 3.58. The Bertz CT molecular complexity index is 479. The highest BCUT2D eigenvalue weighted by molar-refractivity contribution is 6.41. The fourth-order valence-corrected chi connectivity index (χ4v) is 1.44. The van der Waals surface area contributed by atoms with E-state index < -0.39 is 23.8 Å². The summed E-state index contributed by atoms with van der Waals surface area (Å²) in [5.41, 5.74) is 0.230. The van der Waals surface area contributed by atoms with E-state index in [1.807, 2.05) is 0 Å². The van der Waals surface area contributed by atoms with Crippen LogP contribution in [0.15, 0.2) is 12.3 Å². The number of amides is 1. The maximum absolute atomic E-state index is 11.8. The van der Waals surface area contributed by atoms with Gasteiger partial charge in [0.1, 0.15) is 5.15 Å². The number of halogens is 2. The normalized spacial score (nSPS) is 13.8. The molecule has 0 aliphatic carbocycles. The van der Waals surface area contributed by atoms with Gasteiger partial charge in [-0.2, -0.15) is 0 Å². The van der Waals surface area contributed by atoms with Crippen molar-refractivity contribution in [2.24, 2.45) is 5.92 Å². The second-order valence-electron chi connectivity index (χ2n) is 3.89. The van der Waals surface area contributed by atoms with E-state index in [0.29, 0.717) is 0 Å². The van der Waals surface area contributed by atoms with Crippen LogP contribution in [0.4, 0.5) is 0 Å². The molecular formula is C11H12Cl2N2O3. The molecule has 0 aliphatic heterocycles. The van der Waals surface area contributed by atoms with E-state index in [9.17, 15) is 9.59 Å². The predicted octanol–water partition coefficient (Wildman–Crippen LogP) is 2.23. The molecule has 0 saturated heterocycles. The number of pyridine rings is 1. The van der Waals surface area contributed by atoms with E-state index in [0.717, 1.165) is 0 Å². The molecule has 18 heavy (non-hydrogen) atoms. The van der Waals surface area contributed by atoms with Crippen molar-refractivity contribution in [3.63, 3.8) is 0 Å². The Balaban J connectivity index is 2.76. The van der Waals surface area contributed by atoms with Crippen molar-refractivity contribution in [3.8, 4) is 0 Å². The second kappa shape index (κ2) is 6.02. The minimum absolute atomic E-state index is 0.111. The van der Waals surface area contributed by atoms with Crippen LogP contribution >= 0.6 is 23.2 Å². The summed E-state index contributed by atoms with van der Waals surface area (Å²) in [6.07, 6.45) is 1.28. The maximum Gasteiger partial charge on any atom is 0.308 e. The Morgan fingerprint density at radius 2 is 2.00 bits per heavy atom. The van der Waals surface area contributed by atoms with Gasteiger partial charge in [0.2, 0.25) is 0 Å². The number of hydrogen-bond acceptors (Lipinski definition) is 3. The summed E-state index contributed by atoms with van der Waals surface area (Å²) in [7, 11) is 0. The van der Waals surface area contributed by atoms with Crippen LogP contribution in [0.25, 0.3) is 0 Å². The molecule has 0 fully saturated rings. The molecule has 1 aromatic rings. The highest BCUT2D eigenvalue weighted by atomic mass is 35.5. The van der Waals surface area contributed by atoms with Gasteiger partial charge >= 0.3 is 5.97 Å². The molecule has 2 atom stereocenters. The molecule has 1 aromatic heterocycles. The molecule has 7 heteroatoms. The first-order valence-corrected chi connectivity index (χ1v) is 5.93. The lowest BCUT2D eigenvalue weighted by Crippen LogP contribution is -2.40. The lowest BCUT2D eigenvalue weighted by Gasteiger charge is -2.17. The summed E-state index contributed by atoms with van der Waals surface area (Å²) in [6, 6.07) is 0.870. The zero-order chi connectivity index (χ0) is 13.9. The number of rotatable bonds is 4. The zero-order valence-corrected chi connectivity index (χ0v) is 11.3. The van der Waals surface area contributed by atoms with Crippen molar-refractivity contribution >= 4 is 35.1 Å². The van der Waals surface area contributed by atoms with Crippen molar-refractivity contribution in [1.29, 1.82) is 0 Å². The van der Waals surface area contributed by atoms with E-state index >= 15 is 0 Å². The lowest BCUT2D eigenvalue weighted by atomic mass is 10.0. The molecule has 2 N–H and O–H groups in total. The highest BCUT2D eigenvalue weighted by Crippen LogP contribution is 2.19. The van der Waals surface area contributed by atoms with Crippen molar-refractivity contribution in [3.05, 3.63) is 28.0 Å². The molecule has 1 heterocycles. The maximum atomic E-state index is 11.8. The van der Waals surface area contributed by atoms with Crippen LogP contribution in [0.2, 0.25) is 10.2 Å². The number of nitrogens with one attached hydrogen (secondary N) is 1. The van der Waals surface area contributed by atoms with Crippen LogP contribution in [0.5, 0.6) is 0 Å². The van der Waals surface area contributed by atoms with E-state index in [1.54, 1.807) is 6.92 Å². The first-order chi connectivity index (χ1) is 8.32. The molecule has 98 valence electrons. The largest absolute Gasteiger partial charge is 0.481 e. The molecule has 1 rings (SSSR count). The monoisotopic (exact) mass is 290 g/mol. The average molecular weight is 291 g/mol. The SMILES string of the molecule is CC(NC(=O)c1cnc(Cl)c(Cl)c1)C(C)C(=O)O. The van der Waals surface area contributed by atoms with Gasteiger partial charge in [-0.1, -0.05) is 23.2 Å². The second-order valence-corrected chi connectivity index (χ2v) is 4.65. The first-order valence-electron chi connectivity index (χ1n) is 5.17. The molecule has 5 nitrogen and oxygen atoms in total. The zero-order valence-electron chi connectivity index (χ0n) is 9.78. The molecule has 0 aromatic carbocycles. The third-order valence-electron chi connectivity index (χ3n) is 2.56. The number of aromatic nitrogens is 1. The number of carboxylic acids is 1. The van der Waals surface area contributed by atoms with Crippen LogP contribution < -0.4 is 5.32 Å². The van der Waals surface area contributed by atoms with Crippen LogP contribution in [-0.4, -0.2) is 28.0 Å². The van der Waals surface area contributed by atoms with E-state index in [2.05, 4.69) is 10.3 Å². The molecule has 0 radical (unpaired) electrons. The number of carboxylic acid groups (broad SMARTS) is 1. The standard InChI is InChI=1S/C11H12Cl2N2O3/c1-5(11(17)18)6(2)15-10(16)7-3-8(12)9(13)14-4-7/h3-6H,1-2H3,(H,15,16)(H,17,18). The summed E-state index contributed by atoms with van der Waals surface area (Å²) >= 11 is 11.4. The molecule has 0 spiro atoms. The van der Waals surface area contributed by atoms with Crippen molar-refractivity contribution in [2.75, 3.05) is 0 Å². The molecule has 1 amide bonds. The molecule has 0 saturated carbocycles. The van der Waals surface area contributed by atoms with Gasteiger partial charge in [0.25, 0.3) is 5.91 Å². The third-order valence-corrected chi connectivity index (χ3v) is 3.24. The summed E-state index contributed by atoms with van der Waals surface area (Å²) in [4.78, 5) is 26.3. The first kappa shape index (κ1) is 14.7. The van der Waals surface area contributed by atoms with Gasteiger partial charge < -0.3 is 10.4 Å². The number of hydrogen-bond donors (Lipinski definition) is 2. The van der Waals surface area contributed by atoms with Crippen molar-refractivity contribution in [2.45, 2.75) is 19.9 Å². The van der Waals surface area contributed by atoms with Gasteiger partial charge in [-0.25, -0.2) is 4.98 Å². The van der Waals surface area contributed by atoms with E-state index in [4.69, 9.17) is 28.3 Å². The average Bonchev–Trinajstić information content (AvgIpc) is 2.31. The summed E-state index contributed by atoms with van der Waals surface area (Å²) < 4.78 is 0. The Morgan fingerprint density at radius 1 is 1.39 bits per heavy atom. The van der Waals surface area contributed by atoms with Gasteiger partial charge in [0.15, 0.2) is 0 Å². The predicted molar refractivity (Wildman–Crippen MR) is 68.0 cm³/mol. The number of aliphatic carboxylic acids is 1. The molecule has 2 unspecified atom stereocenters. The minimum atomic E-state index is -0.977. The van der Waals surface area contributed by atoms with Gasteiger partial charge in [0, 0.05) is 12.2 Å². The quantitative estimate of drug-likeness (QED) is 0.834. The number of carbonyl (C=O) groups is 2. The van der Waals surface area contributed by atoms with Crippen LogP contribution in [-0.2, 0) is 4.79 Å². The Hall–Kier alpha value is -1.33. The summed E-state index contributed by atoms with van der Waals surface area (Å²) in [5.74, 6) is -2.11. The fourth-order valence-electron chi connectivity index (χ4n) is 1.17. The fraction of sp³-hybridized carbons (Fsp3) is 0.364. The Labute approximate surface area is 114 Å². The van der Waals surface area contributed by atoms with Crippen LogP contribution in [0, 0.1) is 5.92 Å². The van der Waals surface area contributed by atoms with E-state index in [-0.39, 0.29) is 15.7 Å². The van der Waals surface area contributed by atoms with Gasteiger partial charge in [-0.05, 0) is 19.9 Å². The van der Waals surface area contributed by atoms with Gasteiger partial charge in [-0.15, -0.1) is 0 Å². The topological polar surface area (TPSA) is 79.3 Å². The van der Waals surface area contributed by atoms with Crippen LogP contribution in [0.3, 0.4) is 0 Å². The van der Waals surface area contributed by atoms with Crippen molar-refractivity contribution in [1.82, 2.24) is 10.3 Å². The summed E-state index contributed by atoms with van der Waals surface area (Å²) in [5, 5.41) is 11.7. The molecular weight excluding hydrogens is 279 g/mol. The number of nitrogens with zero attached hydrogens (tertiary/aromatic N) is 1. The number of carbonyl (C=O) groups excluding carboxylic acids is 1. The smallest absolute Gasteiger partial charge is 0.308 e.